The molecule has 3 rings (SSSR count). The first-order valence-corrected chi connectivity index (χ1v) is 7.12. The number of halogens is 1. The number of carbonyl (C=O) groups excluding carboxylic acids is 1. The number of rotatable bonds is 4. The lowest BCUT2D eigenvalue weighted by molar-refractivity contribution is 0.152. The summed E-state index contributed by atoms with van der Waals surface area (Å²) in [4.78, 5) is 20.2. The Morgan fingerprint density at radius 1 is 1.41 bits per heavy atom. The average Bonchev–Trinajstić information content (AvgIpc) is 3.13. The SMILES string of the molecule is CNC(=O)ON=C(c1ccc(Cl)cc1)C1(n2cncn2)CC1. The number of oxime groups is 1. The van der Waals surface area contributed by atoms with Crippen molar-refractivity contribution in [3.8, 4) is 0 Å². The van der Waals surface area contributed by atoms with E-state index in [1.807, 2.05) is 12.1 Å². The summed E-state index contributed by atoms with van der Waals surface area (Å²) in [7, 11) is 1.48. The molecule has 0 spiro atoms. The Bertz CT molecular complexity index is 693. The number of benzene rings is 1. The summed E-state index contributed by atoms with van der Waals surface area (Å²) in [6.07, 6.45) is 4.17. The summed E-state index contributed by atoms with van der Waals surface area (Å²) < 4.78 is 1.74. The Labute approximate surface area is 131 Å². The summed E-state index contributed by atoms with van der Waals surface area (Å²) in [5.41, 5.74) is 1.01. The molecule has 1 aromatic heterocycles. The zero-order chi connectivity index (χ0) is 15.6. The Morgan fingerprint density at radius 3 is 2.68 bits per heavy atom. The van der Waals surface area contributed by atoms with Gasteiger partial charge in [-0.2, -0.15) is 5.10 Å². The van der Waals surface area contributed by atoms with Crippen LogP contribution in [0.1, 0.15) is 18.4 Å². The molecule has 0 aliphatic heterocycles. The molecule has 1 aliphatic carbocycles. The van der Waals surface area contributed by atoms with Crippen molar-refractivity contribution in [2.75, 3.05) is 7.05 Å². The lowest BCUT2D eigenvalue weighted by Gasteiger charge is -2.18. The number of nitrogens with zero attached hydrogens (tertiary/aromatic N) is 4. The van der Waals surface area contributed by atoms with Gasteiger partial charge in [-0.05, 0) is 25.0 Å². The highest BCUT2D eigenvalue weighted by Crippen LogP contribution is 2.46. The Morgan fingerprint density at radius 2 is 2.14 bits per heavy atom. The van der Waals surface area contributed by atoms with E-state index in [1.54, 1.807) is 23.1 Å². The van der Waals surface area contributed by atoms with Crippen molar-refractivity contribution >= 4 is 23.4 Å². The fraction of sp³-hybridized carbons (Fsp3) is 0.286. The van der Waals surface area contributed by atoms with E-state index in [-0.39, 0.29) is 0 Å². The first-order valence-electron chi connectivity index (χ1n) is 6.74. The van der Waals surface area contributed by atoms with Gasteiger partial charge in [-0.15, -0.1) is 0 Å². The van der Waals surface area contributed by atoms with Gasteiger partial charge in [-0.1, -0.05) is 28.9 Å². The molecule has 8 heteroatoms. The fourth-order valence-corrected chi connectivity index (χ4v) is 2.39. The van der Waals surface area contributed by atoms with Crippen LogP contribution in [-0.4, -0.2) is 33.6 Å². The molecular formula is C14H14ClN5O2. The highest BCUT2D eigenvalue weighted by molar-refractivity contribution is 6.30. The number of carbonyl (C=O) groups is 1. The zero-order valence-electron chi connectivity index (χ0n) is 11.9. The van der Waals surface area contributed by atoms with E-state index >= 15 is 0 Å². The van der Waals surface area contributed by atoms with Gasteiger partial charge in [-0.25, -0.2) is 14.5 Å². The quantitative estimate of drug-likeness (QED) is 0.532. The van der Waals surface area contributed by atoms with Gasteiger partial charge >= 0.3 is 6.09 Å². The molecule has 1 aliphatic rings. The van der Waals surface area contributed by atoms with E-state index < -0.39 is 11.6 Å². The molecule has 0 unspecified atom stereocenters. The summed E-state index contributed by atoms with van der Waals surface area (Å²) in [6, 6.07) is 7.21. The molecule has 114 valence electrons. The molecule has 0 radical (unpaired) electrons. The highest BCUT2D eigenvalue weighted by Gasteiger charge is 2.51. The molecule has 0 saturated heterocycles. The Hall–Kier alpha value is -2.41. The normalized spacial score (nSPS) is 16.2. The van der Waals surface area contributed by atoms with Crippen molar-refractivity contribution in [1.82, 2.24) is 20.1 Å². The molecule has 1 saturated carbocycles. The minimum atomic E-state index is -0.624. The lowest BCUT2D eigenvalue weighted by atomic mass is 10.0. The van der Waals surface area contributed by atoms with Gasteiger partial charge in [0.25, 0.3) is 0 Å². The Kier molecular flexibility index (Phi) is 3.81. The summed E-state index contributed by atoms with van der Waals surface area (Å²) in [5.74, 6) is 0. The van der Waals surface area contributed by atoms with Crippen molar-refractivity contribution in [3.63, 3.8) is 0 Å². The van der Waals surface area contributed by atoms with Crippen LogP contribution in [0, 0.1) is 0 Å². The third-order valence-electron chi connectivity index (χ3n) is 3.56. The molecular weight excluding hydrogens is 306 g/mol. The molecule has 1 N–H and O–H groups in total. The first kappa shape index (κ1) is 14.5. The number of hydrogen-bond acceptors (Lipinski definition) is 5. The van der Waals surface area contributed by atoms with E-state index in [4.69, 9.17) is 16.4 Å². The van der Waals surface area contributed by atoms with Crippen LogP contribution < -0.4 is 5.32 Å². The predicted molar refractivity (Wildman–Crippen MR) is 80.8 cm³/mol. The molecule has 2 aromatic rings. The van der Waals surface area contributed by atoms with Crippen LogP contribution in [0.15, 0.2) is 42.1 Å². The topological polar surface area (TPSA) is 81.4 Å². The summed E-state index contributed by atoms with van der Waals surface area (Å²) in [5, 5.41) is 11.3. The first-order chi connectivity index (χ1) is 10.7. The van der Waals surface area contributed by atoms with Gasteiger partial charge in [0, 0.05) is 17.6 Å². The molecule has 1 amide bonds. The average molecular weight is 320 g/mol. The van der Waals surface area contributed by atoms with Crippen LogP contribution in [0.5, 0.6) is 0 Å². The van der Waals surface area contributed by atoms with E-state index in [9.17, 15) is 4.79 Å². The number of amides is 1. The number of aromatic nitrogens is 3. The van der Waals surface area contributed by atoms with Crippen LogP contribution in [-0.2, 0) is 10.4 Å². The van der Waals surface area contributed by atoms with Crippen molar-refractivity contribution in [1.29, 1.82) is 0 Å². The molecule has 1 fully saturated rings. The van der Waals surface area contributed by atoms with Crippen molar-refractivity contribution < 1.29 is 9.63 Å². The summed E-state index contributed by atoms with van der Waals surface area (Å²) in [6.45, 7) is 0. The third kappa shape index (κ3) is 2.67. The highest BCUT2D eigenvalue weighted by atomic mass is 35.5. The maximum atomic E-state index is 11.3. The van der Waals surface area contributed by atoms with Gasteiger partial charge in [0.1, 0.15) is 23.9 Å². The number of nitrogens with one attached hydrogen (secondary N) is 1. The minimum Gasteiger partial charge on any atom is -0.323 e. The van der Waals surface area contributed by atoms with Crippen LogP contribution in [0.2, 0.25) is 5.02 Å². The monoisotopic (exact) mass is 319 g/mol. The molecule has 1 aromatic carbocycles. The molecule has 0 atom stereocenters. The van der Waals surface area contributed by atoms with Gasteiger partial charge in [0.15, 0.2) is 0 Å². The second kappa shape index (κ2) is 5.76. The predicted octanol–water partition coefficient (Wildman–Crippen LogP) is 2.18. The summed E-state index contributed by atoms with van der Waals surface area (Å²) >= 11 is 5.93. The van der Waals surface area contributed by atoms with Crippen LogP contribution in [0.4, 0.5) is 4.79 Å². The van der Waals surface area contributed by atoms with Gasteiger partial charge in [-0.3, -0.25) is 4.84 Å². The standard InChI is InChI=1S/C14H14ClN5O2/c1-16-13(21)22-19-12(10-2-4-11(15)5-3-10)14(6-7-14)20-9-17-8-18-20/h2-5,8-9H,6-7H2,1H3,(H,16,21). The van der Waals surface area contributed by atoms with Gasteiger partial charge in [0.05, 0.1) is 0 Å². The second-order valence-electron chi connectivity index (χ2n) is 4.95. The number of hydrogen-bond donors (Lipinski definition) is 1. The second-order valence-corrected chi connectivity index (χ2v) is 5.38. The van der Waals surface area contributed by atoms with Crippen LogP contribution in [0.25, 0.3) is 0 Å². The largest absolute Gasteiger partial charge is 0.433 e. The van der Waals surface area contributed by atoms with Crippen molar-refractivity contribution in [2.45, 2.75) is 18.4 Å². The van der Waals surface area contributed by atoms with Gasteiger partial charge < -0.3 is 5.32 Å². The maximum Gasteiger partial charge on any atom is 0.433 e. The van der Waals surface area contributed by atoms with Crippen LogP contribution in [0.3, 0.4) is 0 Å². The minimum absolute atomic E-state index is 0.432. The maximum absolute atomic E-state index is 11.3. The molecule has 1 heterocycles. The van der Waals surface area contributed by atoms with E-state index in [1.165, 1.54) is 13.4 Å². The van der Waals surface area contributed by atoms with Gasteiger partial charge in [0.2, 0.25) is 0 Å². The smallest absolute Gasteiger partial charge is 0.323 e. The van der Waals surface area contributed by atoms with E-state index in [2.05, 4.69) is 20.6 Å². The molecule has 0 bridgehead atoms. The van der Waals surface area contributed by atoms with Crippen LogP contribution >= 0.6 is 11.6 Å². The van der Waals surface area contributed by atoms with Crippen molar-refractivity contribution in [2.24, 2.45) is 5.16 Å². The van der Waals surface area contributed by atoms with E-state index in [0.717, 1.165) is 18.4 Å². The fourth-order valence-electron chi connectivity index (χ4n) is 2.27. The molecule has 7 nitrogen and oxygen atoms in total. The third-order valence-corrected chi connectivity index (χ3v) is 3.82. The zero-order valence-corrected chi connectivity index (χ0v) is 12.6. The Balaban J connectivity index is 2.00. The van der Waals surface area contributed by atoms with E-state index in [0.29, 0.717) is 10.7 Å². The lowest BCUT2D eigenvalue weighted by Crippen LogP contribution is -2.30. The van der Waals surface area contributed by atoms with Crippen molar-refractivity contribution in [3.05, 3.63) is 47.5 Å². The molecule has 22 heavy (non-hydrogen) atoms.